The van der Waals surface area contributed by atoms with Crippen molar-refractivity contribution in [2.24, 2.45) is 0 Å². The van der Waals surface area contributed by atoms with Crippen LogP contribution in [0.4, 0.5) is 0 Å². The highest BCUT2D eigenvalue weighted by Crippen LogP contribution is 2.24. The van der Waals surface area contributed by atoms with Crippen LogP contribution in [0.25, 0.3) is 11.0 Å². The molecule has 2 aromatic rings. The van der Waals surface area contributed by atoms with Gasteiger partial charge in [0.15, 0.2) is 0 Å². The van der Waals surface area contributed by atoms with Crippen LogP contribution in [0.2, 0.25) is 0 Å². The number of benzene rings is 1. The van der Waals surface area contributed by atoms with Gasteiger partial charge in [0.2, 0.25) is 0 Å². The average molecular weight is 160 g/mol. The van der Waals surface area contributed by atoms with Gasteiger partial charge in [-0.2, -0.15) is 0 Å². The van der Waals surface area contributed by atoms with E-state index in [1.54, 1.807) is 0 Å². The van der Waals surface area contributed by atoms with Gasteiger partial charge in [0.25, 0.3) is 0 Å². The summed E-state index contributed by atoms with van der Waals surface area (Å²) in [5, 5.41) is 1.20. The predicted octanol–water partition coefficient (Wildman–Crippen LogP) is 3.36. The summed E-state index contributed by atoms with van der Waals surface area (Å²) in [4.78, 5) is 0. The molecule has 1 heteroatoms. The smallest absolute Gasteiger partial charge is 0.137 e. The first-order chi connectivity index (χ1) is 5.68. The van der Waals surface area contributed by atoms with Crippen LogP contribution >= 0.6 is 0 Å². The Bertz CT molecular complexity index is 424. The second-order valence-electron chi connectivity index (χ2n) is 3.28. The Morgan fingerprint density at radius 3 is 2.58 bits per heavy atom. The summed E-state index contributed by atoms with van der Waals surface area (Å²) in [5.74, 6) is 0.985. The Morgan fingerprint density at radius 1 is 1.08 bits per heavy atom. The zero-order valence-electron chi connectivity index (χ0n) is 7.64. The van der Waals surface area contributed by atoms with Crippen molar-refractivity contribution >= 4 is 11.0 Å². The van der Waals surface area contributed by atoms with Crippen LogP contribution in [0.5, 0.6) is 0 Å². The zero-order valence-corrected chi connectivity index (χ0v) is 7.64. The number of hydrogen-bond donors (Lipinski definition) is 0. The summed E-state index contributed by atoms with van der Waals surface area (Å²) >= 11 is 0. The molecule has 62 valence electrons. The molecule has 0 bridgehead atoms. The van der Waals surface area contributed by atoms with Crippen molar-refractivity contribution in [2.75, 3.05) is 0 Å². The first kappa shape index (κ1) is 7.41. The molecule has 12 heavy (non-hydrogen) atoms. The molecule has 0 aliphatic rings. The molecule has 0 atom stereocenters. The van der Waals surface area contributed by atoms with Gasteiger partial charge in [-0.05, 0) is 38.0 Å². The van der Waals surface area contributed by atoms with Crippen molar-refractivity contribution in [1.29, 1.82) is 0 Å². The zero-order chi connectivity index (χ0) is 8.72. The van der Waals surface area contributed by atoms with Crippen LogP contribution < -0.4 is 0 Å². The van der Waals surface area contributed by atoms with Gasteiger partial charge in [-0.15, -0.1) is 0 Å². The summed E-state index contributed by atoms with van der Waals surface area (Å²) < 4.78 is 5.58. The Morgan fingerprint density at radius 2 is 1.83 bits per heavy atom. The fourth-order valence-electron chi connectivity index (χ4n) is 1.47. The molecule has 1 aromatic heterocycles. The van der Waals surface area contributed by atoms with Gasteiger partial charge >= 0.3 is 0 Å². The molecular formula is C11H12O. The van der Waals surface area contributed by atoms with E-state index < -0.39 is 0 Å². The molecule has 1 heterocycles. The molecule has 0 unspecified atom stereocenters. The fourth-order valence-corrected chi connectivity index (χ4v) is 1.47. The molecule has 1 aromatic carbocycles. The van der Waals surface area contributed by atoms with Crippen LogP contribution in [-0.4, -0.2) is 0 Å². The fraction of sp³-hybridized carbons (Fsp3) is 0.273. The van der Waals surface area contributed by atoms with E-state index in [2.05, 4.69) is 32.0 Å². The van der Waals surface area contributed by atoms with Crippen LogP contribution in [0.3, 0.4) is 0 Å². The minimum atomic E-state index is 0.985. The second kappa shape index (κ2) is 2.37. The number of rotatable bonds is 0. The molecule has 0 fully saturated rings. The maximum absolute atomic E-state index is 5.58. The molecule has 0 radical (unpaired) electrons. The molecule has 0 saturated heterocycles. The minimum Gasteiger partial charge on any atom is -0.461 e. The number of hydrogen-bond acceptors (Lipinski definition) is 1. The monoisotopic (exact) mass is 160 g/mol. The second-order valence-corrected chi connectivity index (χ2v) is 3.28. The number of fused-ring (bicyclic) bond motifs is 1. The maximum atomic E-state index is 5.58. The highest BCUT2D eigenvalue weighted by Gasteiger charge is 2.04. The maximum Gasteiger partial charge on any atom is 0.137 e. The number of furan rings is 1. The largest absolute Gasteiger partial charge is 0.461 e. The van der Waals surface area contributed by atoms with E-state index in [0.717, 1.165) is 11.3 Å². The Labute approximate surface area is 72.0 Å². The summed E-state index contributed by atoms with van der Waals surface area (Å²) in [6, 6.07) is 6.31. The Balaban J connectivity index is 2.89. The standard InChI is InChI=1S/C11H12O/c1-7-4-5-10-6-8(2)12-11(10)9(7)3/h4-6H,1-3H3. The quantitative estimate of drug-likeness (QED) is 0.576. The van der Waals surface area contributed by atoms with E-state index in [4.69, 9.17) is 4.42 Å². The summed E-state index contributed by atoms with van der Waals surface area (Å²) in [6.07, 6.45) is 0. The molecule has 0 amide bonds. The summed E-state index contributed by atoms with van der Waals surface area (Å²) in [7, 11) is 0. The van der Waals surface area contributed by atoms with E-state index in [1.807, 2.05) is 6.92 Å². The molecule has 0 N–H and O–H groups in total. The lowest BCUT2D eigenvalue weighted by Gasteiger charge is -1.98. The normalized spacial score (nSPS) is 10.9. The van der Waals surface area contributed by atoms with E-state index >= 15 is 0 Å². The molecule has 1 nitrogen and oxygen atoms in total. The highest BCUT2D eigenvalue weighted by atomic mass is 16.3. The minimum absolute atomic E-state index is 0.985. The lowest BCUT2D eigenvalue weighted by molar-refractivity contribution is 0.576. The summed E-state index contributed by atoms with van der Waals surface area (Å²) in [5.41, 5.74) is 3.57. The van der Waals surface area contributed by atoms with Gasteiger partial charge in [0, 0.05) is 5.39 Å². The third-order valence-corrected chi connectivity index (χ3v) is 2.33. The third kappa shape index (κ3) is 0.934. The van der Waals surface area contributed by atoms with Crippen molar-refractivity contribution in [1.82, 2.24) is 0 Å². The van der Waals surface area contributed by atoms with E-state index in [-0.39, 0.29) is 0 Å². The van der Waals surface area contributed by atoms with Gasteiger partial charge in [0.05, 0.1) is 0 Å². The first-order valence-electron chi connectivity index (χ1n) is 4.15. The van der Waals surface area contributed by atoms with Gasteiger partial charge in [-0.25, -0.2) is 0 Å². The molecule has 0 spiro atoms. The van der Waals surface area contributed by atoms with Crippen LogP contribution in [-0.2, 0) is 0 Å². The SMILES string of the molecule is Cc1cc2ccc(C)c(C)c2o1. The van der Waals surface area contributed by atoms with Gasteiger partial charge < -0.3 is 4.42 Å². The van der Waals surface area contributed by atoms with Crippen LogP contribution in [0.1, 0.15) is 16.9 Å². The van der Waals surface area contributed by atoms with Crippen molar-refractivity contribution < 1.29 is 4.42 Å². The molecule has 0 aliphatic carbocycles. The first-order valence-corrected chi connectivity index (χ1v) is 4.15. The molecule has 2 rings (SSSR count). The number of aryl methyl sites for hydroxylation is 3. The average Bonchev–Trinajstić information content (AvgIpc) is 2.39. The lowest BCUT2D eigenvalue weighted by Crippen LogP contribution is -1.78. The Hall–Kier alpha value is -1.24. The predicted molar refractivity (Wildman–Crippen MR) is 50.4 cm³/mol. The highest BCUT2D eigenvalue weighted by molar-refractivity contribution is 5.81. The molecular weight excluding hydrogens is 148 g/mol. The topological polar surface area (TPSA) is 13.1 Å². The van der Waals surface area contributed by atoms with Crippen molar-refractivity contribution in [2.45, 2.75) is 20.8 Å². The van der Waals surface area contributed by atoms with E-state index in [0.29, 0.717) is 0 Å². The van der Waals surface area contributed by atoms with Gasteiger partial charge in [0.1, 0.15) is 11.3 Å². The van der Waals surface area contributed by atoms with Crippen molar-refractivity contribution in [3.8, 4) is 0 Å². The van der Waals surface area contributed by atoms with Crippen LogP contribution in [0, 0.1) is 20.8 Å². The van der Waals surface area contributed by atoms with Gasteiger partial charge in [-0.1, -0.05) is 12.1 Å². The lowest BCUT2D eigenvalue weighted by atomic mass is 10.1. The Kier molecular flexibility index (Phi) is 1.47. The van der Waals surface area contributed by atoms with E-state index in [9.17, 15) is 0 Å². The van der Waals surface area contributed by atoms with E-state index in [1.165, 1.54) is 16.5 Å². The van der Waals surface area contributed by atoms with Gasteiger partial charge in [-0.3, -0.25) is 0 Å². The van der Waals surface area contributed by atoms with Crippen molar-refractivity contribution in [3.63, 3.8) is 0 Å². The molecule has 0 saturated carbocycles. The molecule has 0 aliphatic heterocycles. The van der Waals surface area contributed by atoms with Crippen molar-refractivity contribution in [3.05, 3.63) is 35.1 Å². The van der Waals surface area contributed by atoms with Crippen LogP contribution in [0.15, 0.2) is 22.6 Å². The summed E-state index contributed by atoms with van der Waals surface area (Å²) in [6.45, 7) is 6.18. The third-order valence-electron chi connectivity index (χ3n) is 2.33.